The summed E-state index contributed by atoms with van der Waals surface area (Å²) in [6.07, 6.45) is 7.16. The molecule has 0 radical (unpaired) electrons. The van der Waals surface area contributed by atoms with Crippen molar-refractivity contribution < 1.29 is 169 Å². The molecule has 4 heterocycles. The third-order valence-corrected chi connectivity index (χ3v) is 5.40. The molecule has 38 heavy (non-hydrogen) atoms. The largest absolute Gasteiger partial charge is 1.00 e. The Morgan fingerprint density at radius 2 is 1.68 bits per heavy atom. The maximum atomic E-state index is 9.96. The molecule has 2 aliphatic heterocycles. The number of halogens is 5. The number of imidazole rings is 2. The minimum atomic E-state index is -1.00. The van der Waals surface area contributed by atoms with Crippen LogP contribution in [-0.2, 0) is 25.7 Å². The maximum absolute atomic E-state index is 9.96. The van der Waals surface area contributed by atoms with Gasteiger partial charge in [0.05, 0.1) is 53.8 Å². The zero-order chi connectivity index (χ0) is 26.9. The number of nitrogens with one attached hydrogen (secondary N) is 1. The van der Waals surface area contributed by atoms with Gasteiger partial charge in [0.25, 0.3) is 6.47 Å². The minimum Gasteiger partial charge on any atom is -1.00 e. The second-order valence-corrected chi connectivity index (χ2v) is 8.67. The number of rotatable bonds is 6. The summed E-state index contributed by atoms with van der Waals surface area (Å²) in [5.41, 5.74) is 0. The average molecular weight is 956 g/mol. The molecular weight excluding hydrogens is 920 g/mol. The molecule has 0 spiro atoms. The van der Waals surface area contributed by atoms with E-state index in [-0.39, 0.29) is 158 Å². The number of aromatic nitrogens is 4. The fraction of sp³-hybridized carbons (Fsp3) is 0.650. The van der Waals surface area contributed by atoms with E-state index < -0.39 is 7.15 Å². The van der Waals surface area contributed by atoms with E-state index in [4.69, 9.17) is 32.5 Å². The van der Waals surface area contributed by atoms with Gasteiger partial charge in [-0.25, -0.2) is 9.97 Å². The molecule has 0 aromatic carbocycles. The van der Waals surface area contributed by atoms with E-state index in [0.717, 1.165) is 87.3 Å². The fourth-order valence-corrected chi connectivity index (χ4v) is 3.53. The minimum absolute atomic E-state index is 0. The number of morpholine rings is 2. The van der Waals surface area contributed by atoms with Gasteiger partial charge < -0.3 is 30.6 Å². The third-order valence-electron chi connectivity index (χ3n) is 4.39. The van der Waals surface area contributed by atoms with Gasteiger partial charge in [0.15, 0.2) is 0 Å². The van der Waals surface area contributed by atoms with Crippen LogP contribution >= 0.6 is 55.9 Å². The normalized spacial score (nSPS) is 14.6. The van der Waals surface area contributed by atoms with Gasteiger partial charge in [-0.3, -0.25) is 19.0 Å². The van der Waals surface area contributed by atoms with Crippen LogP contribution in [0.3, 0.4) is 0 Å². The molecule has 18 heteroatoms. The van der Waals surface area contributed by atoms with E-state index in [0.29, 0.717) is 0 Å². The van der Waals surface area contributed by atoms with Gasteiger partial charge in [0.2, 0.25) is 0 Å². The quantitative estimate of drug-likeness (QED) is 0.135. The van der Waals surface area contributed by atoms with Gasteiger partial charge in [-0.05, 0) is 31.9 Å². The molecule has 2 aliphatic rings. The molecule has 4 rings (SSSR count). The predicted molar refractivity (Wildman–Crippen MR) is 144 cm³/mol. The van der Waals surface area contributed by atoms with E-state index in [2.05, 4.69) is 66.1 Å². The van der Waals surface area contributed by atoms with Gasteiger partial charge in [0, 0.05) is 57.9 Å². The van der Waals surface area contributed by atoms with Crippen molar-refractivity contribution in [1.29, 1.82) is 0 Å². The Labute approximate surface area is 372 Å². The second-order valence-electron chi connectivity index (χ2n) is 6.62. The van der Waals surface area contributed by atoms with E-state index >= 15 is 0 Å². The van der Waals surface area contributed by atoms with Gasteiger partial charge in [0.1, 0.15) is 9.21 Å². The van der Waals surface area contributed by atoms with Crippen molar-refractivity contribution in [2.45, 2.75) is 6.54 Å². The Morgan fingerprint density at radius 1 is 1.18 bits per heavy atom. The number of carbonyl (C=O) groups excluding carboxylic acids is 1. The number of alkyl halides is 2. The van der Waals surface area contributed by atoms with Crippen LogP contribution in [0.2, 0.25) is 0 Å². The van der Waals surface area contributed by atoms with Crippen LogP contribution in [-0.4, -0.2) is 115 Å². The Morgan fingerprint density at radius 3 is 2.00 bits per heavy atom. The molecule has 0 saturated carbocycles. The second kappa shape index (κ2) is 36.5. The number of nitrogens with zero attached hydrogens (tertiary/aromatic N) is 5. The molecule has 212 valence electrons. The molecule has 1 N–H and O–H groups in total. The van der Waals surface area contributed by atoms with Crippen molar-refractivity contribution in [1.82, 2.24) is 29.3 Å². The van der Waals surface area contributed by atoms with E-state index in [1.807, 2.05) is 12.5 Å². The van der Waals surface area contributed by atoms with Crippen LogP contribution in [0.15, 0.2) is 34.3 Å². The zero-order valence-corrected chi connectivity index (χ0v) is 39.1. The summed E-state index contributed by atoms with van der Waals surface area (Å²) in [5, 5.41) is 8.43. The van der Waals surface area contributed by atoms with Gasteiger partial charge in [-0.2, -0.15) is 0 Å². The topological polar surface area (TPSA) is 121 Å². The summed E-state index contributed by atoms with van der Waals surface area (Å²) < 4.78 is 29.9. The van der Waals surface area contributed by atoms with E-state index in [1.54, 1.807) is 12.5 Å². The number of H-pyrrole nitrogens is 1. The van der Waals surface area contributed by atoms with Crippen molar-refractivity contribution in [3.8, 4) is 0 Å². The molecule has 2 fully saturated rings. The maximum Gasteiger partial charge on any atom is 1.00 e. The molecule has 0 aliphatic carbocycles. The summed E-state index contributed by atoms with van der Waals surface area (Å²) in [6.45, 7) is 10.6. The van der Waals surface area contributed by atoms with Crippen LogP contribution in [0.1, 0.15) is 2.80 Å². The van der Waals surface area contributed by atoms with Crippen LogP contribution in [0.5, 0.6) is 0 Å². The van der Waals surface area contributed by atoms with Gasteiger partial charge in [-0.15, -0.1) is 24.0 Å². The van der Waals surface area contributed by atoms with Crippen LogP contribution in [0.4, 0.5) is 4.39 Å². The van der Waals surface area contributed by atoms with Crippen molar-refractivity contribution in [3.05, 3.63) is 34.3 Å². The smallest absolute Gasteiger partial charge is 1.00 e. The van der Waals surface area contributed by atoms with Crippen LogP contribution in [0.25, 0.3) is 0 Å². The molecule has 0 amide bonds. The first-order chi connectivity index (χ1) is 17.5. The summed E-state index contributed by atoms with van der Waals surface area (Å²) in [7, 11) is -1.00. The summed E-state index contributed by atoms with van der Waals surface area (Å²) in [6, 6.07) is 0. The molecule has 2 saturated heterocycles. The zero-order valence-electron chi connectivity index (χ0n) is 23.8. The average Bonchev–Trinajstić information content (AvgIpc) is 3.56. The van der Waals surface area contributed by atoms with E-state index in [1.165, 1.54) is 0 Å². The van der Waals surface area contributed by atoms with Crippen LogP contribution < -0.4 is 143 Å². The SMILES string of the molecule is Brc1cn(CCN2CCOCC2)cn1.Brc1cnc[nH]1.Cl.ClCCN1CCOCC1.O=CO[O-].[2H]CF.[Cs+].[Cs+].[H-]. The Kier molecular flexibility index (Phi) is 43.8. The number of hydrogen-bond acceptors (Lipinski definition) is 9. The number of ether oxygens (including phenoxy) is 2. The van der Waals surface area contributed by atoms with Crippen molar-refractivity contribution in [2.75, 3.05) is 78.7 Å². The first kappa shape index (κ1) is 45.7. The van der Waals surface area contributed by atoms with Gasteiger partial charge >= 0.3 is 138 Å². The van der Waals surface area contributed by atoms with Crippen molar-refractivity contribution in [2.24, 2.45) is 0 Å². The molecule has 11 nitrogen and oxygen atoms in total. The van der Waals surface area contributed by atoms with Gasteiger partial charge in [-0.1, -0.05) is 0 Å². The Hall–Kier alpha value is 3.26. The monoisotopic (exact) mass is 953 g/mol. The first-order valence-corrected chi connectivity index (χ1v) is 12.7. The third kappa shape index (κ3) is 29.3. The molecule has 0 unspecified atom stereocenters. The molecular formula is C20H35Br2Cl2Cs2FN6O5. The van der Waals surface area contributed by atoms with Crippen molar-refractivity contribution in [3.63, 3.8) is 0 Å². The molecule has 0 bridgehead atoms. The standard InChI is InChI=1S/C9H14BrN3O.C6H12ClNO.C3H3BrN2.CH3F.CH2O3.ClH.2Cs.H/c10-9-7-13(8-11-9)2-1-12-3-5-14-6-4-12;7-1-2-8-3-5-9-6-4-8;4-3-1-5-2-6-3;1-2;2-1-4-3;;;;/h7-8H,1-6H2;1-6H2;1-2H,(H,5,6);1H3;1,3H;1H;;;/q;;;;;;2*+1;-1/p-1/i;;;1D;;;;;. The Balaban J connectivity index is -0.000000138. The number of carbonyl (C=O) groups is 1. The Bertz CT molecular complexity index is 747. The molecule has 2 aromatic heterocycles. The first-order valence-electron chi connectivity index (χ1n) is 11.3. The van der Waals surface area contributed by atoms with Crippen LogP contribution in [0, 0.1) is 0 Å². The summed E-state index contributed by atoms with van der Waals surface area (Å²) >= 11 is 12.0. The predicted octanol–water partition coefficient (Wildman–Crippen LogP) is -3.73. The molecule has 2 aromatic rings. The van der Waals surface area contributed by atoms with Crippen molar-refractivity contribution >= 4 is 62.3 Å². The number of hydrogen-bond donors (Lipinski definition) is 1. The van der Waals surface area contributed by atoms with E-state index in [9.17, 15) is 4.39 Å². The molecule has 0 atom stereocenters. The fourth-order valence-electron chi connectivity index (χ4n) is 2.72. The number of aromatic amines is 1. The summed E-state index contributed by atoms with van der Waals surface area (Å²) in [5.74, 6) is 0.736. The summed E-state index contributed by atoms with van der Waals surface area (Å²) in [4.78, 5) is 26.6.